The normalized spacial score (nSPS) is 13.5. The van der Waals surface area contributed by atoms with Gasteiger partial charge in [-0.1, -0.05) is 0 Å². The van der Waals surface area contributed by atoms with Crippen molar-refractivity contribution in [2.75, 3.05) is 61.4 Å². The standard InChI is InChI=1S/C34H39F2N5O7/c1-18(2)39-30-20-15-26(38-17-25(20)47-32(30)31(42)27-28(35)23(44-6)16-24(45-7)29(27)36)41(33(43)48-34(3,4)5)22-9-8-19(14-21(22)37)40-10-12-46-13-11-40/h8-9,14-18,39H,10-13,37H2,1-7H3. The van der Waals surface area contributed by atoms with Gasteiger partial charge in [0.25, 0.3) is 0 Å². The van der Waals surface area contributed by atoms with Gasteiger partial charge in [-0.2, -0.15) is 0 Å². The van der Waals surface area contributed by atoms with Crippen molar-refractivity contribution in [2.45, 2.75) is 46.3 Å². The molecule has 256 valence electrons. The number of nitrogen functional groups attached to an aromatic ring is 1. The minimum Gasteiger partial charge on any atom is -0.494 e. The fourth-order valence-electron chi connectivity index (χ4n) is 5.29. The van der Waals surface area contributed by atoms with Gasteiger partial charge in [-0.3, -0.25) is 4.79 Å². The number of amides is 1. The van der Waals surface area contributed by atoms with E-state index in [0.717, 1.165) is 11.8 Å². The van der Waals surface area contributed by atoms with Crippen LogP contribution >= 0.6 is 0 Å². The van der Waals surface area contributed by atoms with E-state index in [0.29, 0.717) is 37.4 Å². The number of aromatic nitrogens is 1. The lowest BCUT2D eigenvalue weighted by Gasteiger charge is -2.31. The monoisotopic (exact) mass is 667 g/mol. The SMILES string of the molecule is COc1cc(OC)c(F)c(C(=O)c2oc3cnc(N(C(=O)OC(C)(C)C)c4ccc(N5CCOCC5)cc4N)cc3c2NC(C)C)c1F. The van der Waals surface area contributed by atoms with E-state index in [4.69, 9.17) is 29.1 Å². The molecule has 0 unspecified atom stereocenters. The number of methoxy groups -OCH3 is 2. The summed E-state index contributed by atoms with van der Waals surface area (Å²) in [5.74, 6) is -4.61. The second kappa shape index (κ2) is 13.6. The highest BCUT2D eigenvalue weighted by molar-refractivity contribution is 6.16. The largest absolute Gasteiger partial charge is 0.494 e. The van der Waals surface area contributed by atoms with Crippen LogP contribution in [0.1, 0.15) is 50.7 Å². The molecule has 1 saturated heterocycles. The Labute approximate surface area is 276 Å². The third kappa shape index (κ3) is 6.79. The Kier molecular flexibility index (Phi) is 9.66. The number of carbonyl (C=O) groups is 2. The van der Waals surface area contributed by atoms with E-state index < -0.39 is 34.7 Å². The Bertz CT molecular complexity index is 1820. The number of furan rings is 1. The molecule has 5 rings (SSSR count). The number of nitrogens with one attached hydrogen (secondary N) is 1. The number of morpholine rings is 1. The highest BCUT2D eigenvalue weighted by Gasteiger charge is 2.33. The number of halogens is 2. The van der Waals surface area contributed by atoms with Crippen molar-refractivity contribution in [1.29, 1.82) is 0 Å². The van der Waals surface area contributed by atoms with Crippen LogP contribution in [0.2, 0.25) is 0 Å². The molecule has 0 spiro atoms. The zero-order chi connectivity index (χ0) is 34.9. The number of nitrogens with two attached hydrogens (primary N) is 1. The lowest BCUT2D eigenvalue weighted by atomic mass is 10.0. The summed E-state index contributed by atoms with van der Waals surface area (Å²) in [6.45, 7) is 11.4. The average Bonchev–Trinajstić information content (AvgIpc) is 3.38. The fraction of sp³-hybridized carbons (Fsp3) is 0.382. The predicted molar refractivity (Wildman–Crippen MR) is 178 cm³/mol. The first-order valence-corrected chi connectivity index (χ1v) is 15.3. The summed E-state index contributed by atoms with van der Waals surface area (Å²) in [5.41, 5.74) is 6.47. The van der Waals surface area contributed by atoms with E-state index in [-0.39, 0.29) is 46.1 Å². The van der Waals surface area contributed by atoms with Crippen LogP contribution in [0, 0.1) is 11.6 Å². The Morgan fingerprint density at radius 1 is 1.04 bits per heavy atom. The third-order valence-corrected chi connectivity index (χ3v) is 7.43. The van der Waals surface area contributed by atoms with Gasteiger partial charge in [0.15, 0.2) is 34.5 Å². The third-order valence-electron chi connectivity index (χ3n) is 7.43. The number of hydrogen-bond donors (Lipinski definition) is 2. The lowest BCUT2D eigenvalue weighted by Crippen LogP contribution is -2.36. The molecular weight excluding hydrogens is 628 g/mol. The lowest BCUT2D eigenvalue weighted by molar-refractivity contribution is 0.0598. The van der Waals surface area contributed by atoms with Crippen LogP contribution < -0.4 is 30.3 Å². The van der Waals surface area contributed by atoms with Gasteiger partial charge in [0, 0.05) is 36.3 Å². The fourth-order valence-corrected chi connectivity index (χ4v) is 5.29. The predicted octanol–water partition coefficient (Wildman–Crippen LogP) is 6.67. The van der Waals surface area contributed by atoms with E-state index in [9.17, 15) is 9.59 Å². The van der Waals surface area contributed by atoms with Crippen LogP contribution in [0.25, 0.3) is 11.0 Å². The van der Waals surface area contributed by atoms with Crippen molar-refractivity contribution in [3.8, 4) is 11.5 Å². The maximum Gasteiger partial charge on any atom is 0.420 e. The van der Waals surface area contributed by atoms with Gasteiger partial charge in [0.05, 0.1) is 50.7 Å². The first kappa shape index (κ1) is 34.2. The Morgan fingerprint density at radius 2 is 1.69 bits per heavy atom. The molecule has 4 aromatic rings. The smallest absolute Gasteiger partial charge is 0.420 e. The van der Waals surface area contributed by atoms with Crippen LogP contribution in [0.15, 0.2) is 40.9 Å². The van der Waals surface area contributed by atoms with Gasteiger partial charge in [0.2, 0.25) is 5.78 Å². The van der Waals surface area contributed by atoms with Gasteiger partial charge in [-0.25, -0.2) is 23.5 Å². The van der Waals surface area contributed by atoms with Crippen LogP contribution in [0.5, 0.6) is 11.5 Å². The van der Waals surface area contributed by atoms with Crippen molar-refractivity contribution in [3.05, 3.63) is 59.5 Å². The number of rotatable bonds is 9. The van der Waals surface area contributed by atoms with E-state index >= 15 is 8.78 Å². The number of ketones is 1. The molecule has 1 aliphatic rings. The summed E-state index contributed by atoms with van der Waals surface area (Å²) in [6.07, 6.45) is 0.549. The van der Waals surface area contributed by atoms with Gasteiger partial charge >= 0.3 is 6.09 Å². The molecule has 0 radical (unpaired) electrons. The van der Waals surface area contributed by atoms with Crippen LogP contribution in [0.4, 0.5) is 42.1 Å². The summed E-state index contributed by atoms with van der Waals surface area (Å²) >= 11 is 0. The van der Waals surface area contributed by atoms with E-state index in [1.165, 1.54) is 31.4 Å². The van der Waals surface area contributed by atoms with Crippen LogP contribution in [-0.2, 0) is 9.47 Å². The molecule has 2 aromatic heterocycles. The topological polar surface area (TPSA) is 142 Å². The molecule has 2 aromatic carbocycles. The first-order chi connectivity index (χ1) is 22.7. The molecule has 0 saturated carbocycles. The van der Waals surface area contributed by atoms with Crippen molar-refractivity contribution < 1.29 is 41.7 Å². The van der Waals surface area contributed by atoms with Crippen molar-refractivity contribution in [1.82, 2.24) is 4.98 Å². The highest BCUT2D eigenvalue weighted by Crippen LogP contribution is 2.40. The molecule has 48 heavy (non-hydrogen) atoms. The van der Waals surface area contributed by atoms with E-state index in [2.05, 4.69) is 15.2 Å². The first-order valence-electron chi connectivity index (χ1n) is 15.3. The van der Waals surface area contributed by atoms with Crippen molar-refractivity contribution in [3.63, 3.8) is 0 Å². The molecule has 0 aliphatic carbocycles. The number of pyridine rings is 1. The molecule has 0 atom stereocenters. The van der Waals surface area contributed by atoms with E-state index in [1.54, 1.807) is 32.9 Å². The molecule has 1 aliphatic heterocycles. The van der Waals surface area contributed by atoms with Gasteiger partial charge in [-0.15, -0.1) is 0 Å². The number of hydrogen-bond acceptors (Lipinski definition) is 11. The summed E-state index contributed by atoms with van der Waals surface area (Å²) in [5, 5.41) is 3.46. The van der Waals surface area contributed by atoms with Crippen LogP contribution in [0.3, 0.4) is 0 Å². The van der Waals surface area contributed by atoms with Gasteiger partial charge in [0.1, 0.15) is 17.0 Å². The highest BCUT2D eigenvalue weighted by atomic mass is 19.1. The second-order valence-electron chi connectivity index (χ2n) is 12.4. The maximum absolute atomic E-state index is 15.4. The number of carbonyl (C=O) groups excluding carboxylic acids is 2. The minimum absolute atomic E-state index is 0.0922. The minimum atomic E-state index is -1.22. The number of fused-ring (bicyclic) bond motifs is 1. The number of nitrogens with zero attached hydrogens (tertiary/aromatic N) is 3. The molecule has 3 heterocycles. The molecule has 3 N–H and O–H groups in total. The number of benzene rings is 2. The van der Waals surface area contributed by atoms with Gasteiger partial charge < -0.3 is 39.3 Å². The number of anilines is 5. The molecular formula is C34H39F2N5O7. The maximum atomic E-state index is 15.4. The zero-order valence-corrected chi connectivity index (χ0v) is 27.9. The summed E-state index contributed by atoms with van der Waals surface area (Å²) < 4.78 is 58.0. The summed E-state index contributed by atoms with van der Waals surface area (Å²) in [7, 11) is 2.37. The van der Waals surface area contributed by atoms with Crippen molar-refractivity contribution >= 4 is 51.4 Å². The molecule has 1 fully saturated rings. The Balaban J connectivity index is 1.66. The Morgan fingerprint density at radius 3 is 2.25 bits per heavy atom. The Hall–Kier alpha value is -5.11. The van der Waals surface area contributed by atoms with E-state index in [1.807, 2.05) is 19.9 Å². The van der Waals surface area contributed by atoms with Crippen molar-refractivity contribution in [2.24, 2.45) is 0 Å². The summed E-state index contributed by atoms with van der Waals surface area (Å²) in [6, 6.07) is 7.58. The molecule has 1 amide bonds. The number of ether oxygens (including phenoxy) is 4. The second-order valence-corrected chi connectivity index (χ2v) is 12.4. The summed E-state index contributed by atoms with van der Waals surface area (Å²) in [4.78, 5) is 35.4. The quantitative estimate of drug-likeness (QED) is 0.146. The van der Waals surface area contributed by atoms with Gasteiger partial charge in [-0.05, 0) is 58.9 Å². The molecule has 14 heteroatoms. The molecule has 0 bridgehead atoms. The average molecular weight is 668 g/mol. The zero-order valence-electron chi connectivity index (χ0n) is 27.9. The van der Waals surface area contributed by atoms with Crippen LogP contribution in [-0.4, -0.2) is 69.0 Å². The molecule has 12 nitrogen and oxygen atoms in total.